The van der Waals surface area contributed by atoms with Crippen molar-refractivity contribution < 1.29 is 14.3 Å². The Balaban J connectivity index is 1.71. The van der Waals surface area contributed by atoms with Gasteiger partial charge >= 0.3 is 5.97 Å². The summed E-state index contributed by atoms with van der Waals surface area (Å²) in [5, 5.41) is 3.52. The largest absolute Gasteiger partial charge is 0.493 e. The molecule has 0 aliphatic heterocycles. The van der Waals surface area contributed by atoms with Crippen molar-refractivity contribution in [1.29, 1.82) is 0 Å². The van der Waals surface area contributed by atoms with Gasteiger partial charge in [0.05, 0.1) is 20.1 Å². The Kier molecular flexibility index (Phi) is 8.16. The molecule has 2 atom stereocenters. The van der Waals surface area contributed by atoms with Crippen molar-refractivity contribution in [2.45, 2.75) is 26.2 Å². The monoisotopic (exact) mass is 355 g/mol. The van der Waals surface area contributed by atoms with Crippen LogP contribution >= 0.6 is 0 Å². The number of rotatable bonds is 10. The summed E-state index contributed by atoms with van der Waals surface area (Å²) >= 11 is 0. The van der Waals surface area contributed by atoms with Crippen LogP contribution in [0.5, 0.6) is 5.75 Å². The van der Waals surface area contributed by atoms with Gasteiger partial charge < -0.3 is 14.8 Å². The molecular weight excluding hydrogens is 326 g/mol. The van der Waals surface area contributed by atoms with Crippen LogP contribution in [0.25, 0.3) is 0 Å². The van der Waals surface area contributed by atoms with Crippen molar-refractivity contribution in [2.24, 2.45) is 5.92 Å². The van der Waals surface area contributed by atoms with Gasteiger partial charge in [0.1, 0.15) is 5.75 Å². The Hall–Kier alpha value is -2.33. The maximum absolute atomic E-state index is 11.4. The summed E-state index contributed by atoms with van der Waals surface area (Å²) in [5.41, 5.74) is 2.25. The predicted molar refractivity (Wildman–Crippen MR) is 105 cm³/mol. The maximum atomic E-state index is 11.4. The van der Waals surface area contributed by atoms with E-state index in [1.807, 2.05) is 30.3 Å². The summed E-state index contributed by atoms with van der Waals surface area (Å²) in [6.45, 7) is 6.88. The van der Waals surface area contributed by atoms with Crippen molar-refractivity contribution in [1.82, 2.24) is 5.32 Å². The van der Waals surface area contributed by atoms with Crippen LogP contribution in [-0.4, -0.2) is 32.8 Å². The Morgan fingerprint density at radius 3 is 2.54 bits per heavy atom. The minimum Gasteiger partial charge on any atom is -0.493 e. The van der Waals surface area contributed by atoms with Crippen molar-refractivity contribution in [3.05, 3.63) is 65.7 Å². The number of carbonyl (C=O) groups excluding carboxylic acids is 1. The number of methoxy groups -OCH3 is 1. The number of ether oxygens (including phenoxy) is 2. The quantitative estimate of drug-likeness (QED) is 0.659. The van der Waals surface area contributed by atoms with Crippen LogP contribution in [0.2, 0.25) is 0 Å². The first-order chi connectivity index (χ1) is 12.6. The molecule has 0 heterocycles. The molecule has 0 unspecified atom stereocenters. The van der Waals surface area contributed by atoms with E-state index in [9.17, 15) is 4.79 Å². The maximum Gasteiger partial charge on any atom is 0.309 e. The molecule has 2 aromatic carbocycles. The van der Waals surface area contributed by atoms with Gasteiger partial charge in [-0.15, -0.1) is 0 Å². The molecule has 0 radical (unpaired) electrons. The fourth-order valence-electron chi connectivity index (χ4n) is 2.73. The predicted octanol–water partition coefficient (Wildman–Crippen LogP) is 3.81. The highest BCUT2D eigenvalue weighted by Crippen LogP contribution is 2.16. The second kappa shape index (κ2) is 10.6. The van der Waals surface area contributed by atoms with Gasteiger partial charge in [-0.2, -0.15) is 0 Å². The van der Waals surface area contributed by atoms with Crippen LogP contribution < -0.4 is 10.1 Å². The smallest absolute Gasteiger partial charge is 0.309 e. The molecule has 2 aromatic rings. The van der Waals surface area contributed by atoms with Gasteiger partial charge in [0, 0.05) is 19.0 Å². The van der Waals surface area contributed by atoms with Crippen molar-refractivity contribution >= 4 is 5.97 Å². The summed E-state index contributed by atoms with van der Waals surface area (Å²) in [4.78, 5) is 11.4. The lowest BCUT2D eigenvalue weighted by Gasteiger charge is -2.17. The number of hydrogen-bond acceptors (Lipinski definition) is 4. The van der Waals surface area contributed by atoms with Crippen molar-refractivity contribution in [3.63, 3.8) is 0 Å². The molecule has 0 spiro atoms. The molecular formula is C22H29NO3. The highest BCUT2D eigenvalue weighted by molar-refractivity contribution is 5.72. The molecule has 2 rings (SSSR count). The van der Waals surface area contributed by atoms with Crippen LogP contribution in [-0.2, 0) is 16.0 Å². The Labute approximate surface area is 156 Å². The van der Waals surface area contributed by atoms with Crippen molar-refractivity contribution in [2.75, 3.05) is 26.8 Å². The van der Waals surface area contributed by atoms with Crippen LogP contribution in [0.1, 0.15) is 30.9 Å². The molecule has 0 saturated carbocycles. The van der Waals surface area contributed by atoms with Gasteiger partial charge in [-0.25, -0.2) is 0 Å². The lowest BCUT2D eigenvalue weighted by molar-refractivity contribution is -0.139. The van der Waals surface area contributed by atoms with E-state index in [-0.39, 0.29) is 12.4 Å². The molecule has 26 heavy (non-hydrogen) atoms. The average Bonchev–Trinajstić information content (AvgIpc) is 2.67. The first-order valence-electron chi connectivity index (χ1n) is 9.12. The lowest BCUT2D eigenvalue weighted by atomic mass is 10.0. The molecule has 0 amide bonds. The summed E-state index contributed by atoms with van der Waals surface area (Å²) < 4.78 is 10.6. The summed E-state index contributed by atoms with van der Waals surface area (Å²) in [6, 6.07) is 18.2. The molecule has 0 fully saturated rings. The first-order valence-corrected chi connectivity index (χ1v) is 9.12. The van der Waals surface area contributed by atoms with Gasteiger partial charge in [0.15, 0.2) is 0 Å². The molecule has 4 nitrogen and oxygen atoms in total. The molecule has 0 aliphatic carbocycles. The van der Waals surface area contributed by atoms with Crippen LogP contribution in [0.4, 0.5) is 0 Å². The van der Waals surface area contributed by atoms with E-state index in [1.54, 1.807) is 0 Å². The van der Waals surface area contributed by atoms with E-state index >= 15 is 0 Å². The fourth-order valence-corrected chi connectivity index (χ4v) is 2.73. The van der Waals surface area contributed by atoms with Gasteiger partial charge in [0.25, 0.3) is 0 Å². The summed E-state index contributed by atoms with van der Waals surface area (Å²) in [7, 11) is 1.40. The van der Waals surface area contributed by atoms with E-state index in [1.165, 1.54) is 12.7 Å². The third-order valence-electron chi connectivity index (χ3n) is 4.32. The lowest BCUT2D eigenvalue weighted by Crippen LogP contribution is -2.28. The van der Waals surface area contributed by atoms with Gasteiger partial charge in [0.2, 0.25) is 0 Å². The van der Waals surface area contributed by atoms with E-state index in [2.05, 4.69) is 43.4 Å². The highest BCUT2D eigenvalue weighted by Gasteiger charge is 2.08. The molecule has 0 aromatic heterocycles. The molecule has 4 heteroatoms. The second-order valence-electron chi connectivity index (χ2n) is 6.79. The number of carbonyl (C=O) groups is 1. The van der Waals surface area contributed by atoms with Gasteiger partial charge in [-0.05, 0) is 29.2 Å². The zero-order valence-corrected chi connectivity index (χ0v) is 15.9. The van der Waals surface area contributed by atoms with Crippen LogP contribution in [0, 0.1) is 5.92 Å². The van der Waals surface area contributed by atoms with E-state index in [0.717, 1.165) is 24.4 Å². The number of benzene rings is 2. The molecule has 1 N–H and O–H groups in total. The van der Waals surface area contributed by atoms with E-state index in [0.29, 0.717) is 18.4 Å². The normalized spacial score (nSPS) is 13.0. The number of esters is 1. The number of nitrogens with one attached hydrogen (secondary N) is 1. The first kappa shape index (κ1) is 20.0. The third-order valence-corrected chi connectivity index (χ3v) is 4.32. The second-order valence-corrected chi connectivity index (χ2v) is 6.79. The molecule has 0 saturated heterocycles. The third kappa shape index (κ3) is 6.89. The minimum atomic E-state index is -0.243. The Morgan fingerprint density at radius 1 is 1.04 bits per heavy atom. The van der Waals surface area contributed by atoms with Crippen molar-refractivity contribution in [3.8, 4) is 5.75 Å². The summed E-state index contributed by atoms with van der Waals surface area (Å²) in [6.07, 6.45) is 0.266. The van der Waals surface area contributed by atoms with Crippen LogP contribution in [0.3, 0.4) is 0 Å². The van der Waals surface area contributed by atoms with Gasteiger partial charge in [-0.3, -0.25) is 4.79 Å². The standard InChI is InChI=1S/C22H29NO3/c1-17(14-23-15-18(2)20-9-5-4-6-10-20)16-26-21-11-7-8-19(12-21)13-22(24)25-3/h4-12,17-18,23H,13-16H2,1-3H3/t17-,18-/m1/s1. The SMILES string of the molecule is COC(=O)Cc1cccc(OC[C@H](C)CNC[C@@H](C)c2ccccc2)c1. The average molecular weight is 355 g/mol. The fraction of sp³-hybridized carbons (Fsp3) is 0.409. The van der Waals surface area contributed by atoms with Crippen LogP contribution in [0.15, 0.2) is 54.6 Å². The molecule has 0 bridgehead atoms. The Morgan fingerprint density at radius 2 is 1.81 bits per heavy atom. The van der Waals surface area contributed by atoms with Gasteiger partial charge in [-0.1, -0.05) is 56.3 Å². The van der Waals surface area contributed by atoms with E-state index < -0.39 is 0 Å². The number of hydrogen-bond donors (Lipinski definition) is 1. The molecule has 0 aliphatic rings. The Bertz CT molecular complexity index is 672. The topological polar surface area (TPSA) is 47.6 Å². The zero-order valence-electron chi connectivity index (χ0n) is 15.9. The summed E-state index contributed by atoms with van der Waals surface area (Å²) in [5.74, 6) is 1.42. The van der Waals surface area contributed by atoms with E-state index in [4.69, 9.17) is 9.47 Å². The minimum absolute atomic E-state index is 0.243. The zero-order chi connectivity index (χ0) is 18.8. The molecule has 140 valence electrons. The highest BCUT2D eigenvalue weighted by atomic mass is 16.5.